The van der Waals surface area contributed by atoms with Gasteiger partial charge in [0.25, 0.3) is 0 Å². The molecule has 0 saturated carbocycles. The van der Waals surface area contributed by atoms with Gasteiger partial charge in [-0.25, -0.2) is 0 Å². The van der Waals surface area contributed by atoms with Crippen LogP contribution in [0.25, 0.3) is 0 Å². The number of carbonyl (C=O) groups excluding carboxylic acids is 1. The summed E-state index contributed by atoms with van der Waals surface area (Å²) in [7, 11) is 0. The lowest BCUT2D eigenvalue weighted by molar-refractivity contribution is -0.121. The van der Waals surface area contributed by atoms with Crippen molar-refractivity contribution in [2.45, 2.75) is 32.6 Å². The summed E-state index contributed by atoms with van der Waals surface area (Å²) in [4.78, 5) is 11.5. The summed E-state index contributed by atoms with van der Waals surface area (Å²) in [6.45, 7) is 4.73. The lowest BCUT2D eigenvalue weighted by Crippen LogP contribution is -2.26. The second-order valence-corrected chi connectivity index (χ2v) is 4.58. The van der Waals surface area contributed by atoms with Crippen molar-refractivity contribution in [3.8, 4) is 5.75 Å². The van der Waals surface area contributed by atoms with Crippen molar-refractivity contribution in [3.63, 3.8) is 0 Å². The van der Waals surface area contributed by atoms with Crippen LogP contribution in [-0.2, 0) is 9.53 Å². The van der Waals surface area contributed by atoms with Crippen LogP contribution in [0.1, 0.15) is 32.6 Å². The van der Waals surface area contributed by atoms with E-state index < -0.39 is 0 Å². The second-order valence-electron chi connectivity index (χ2n) is 4.58. The first-order chi connectivity index (χ1) is 9.83. The smallest absolute Gasteiger partial charge is 0.223 e. The Bertz CT molecular complexity index is 354. The van der Waals surface area contributed by atoms with Crippen LogP contribution in [0, 0.1) is 0 Å². The van der Waals surface area contributed by atoms with E-state index in [-0.39, 0.29) is 5.91 Å². The molecule has 0 aliphatic heterocycles. The Balaban J connectivity index is 1.93. The van der Waals surface area contributed by atoms with Crippen LogP contribution in [0.2, 0.25) is 0 Å². The summed E-state index contributed by atoms with van der Waals surface area (Å²) in [5.41, 5.74) is 0. The number of unbranched alkanes of at least 4 members (excludes halogenated alkanes) is 1. The maximum absolute atomic E-state index is 11.5. The molecular weight excluding hydrogens is 254 g/mol. The van der Waals surface area contributed by atoms with Gasteiger partial charge in [-0.2, -0.15) is 0 Å². The molecule has 0 fully saturated rings. The Labute approximate surface area is 121 Å². The minimum absolute atomic E-state index is 0.0227. The molecular formula is C16H25NO3. The third-order valence-electron chi connectivity index (χ3n) is 2.77. The van der Waals surface area contributed by atoms with Crippen molar-refractivity contribution in [1.29, 1.82) is 0 Å². The molecule has 0 radical (unpaired) electrons. The van der Waals surface area contributed by atoms with Crippen LogP contribution in [0.5, 0.6) is 5.75 Å². The molecule has 1 amide bonds. The van der Waals surface area contributed by atoms with E-state index in [2.05, 4.69) is 12.2 Å². The van der Waals surface area contributed by atoms with Crippen molar-refractivity contribution >= 4 is 5.91 Å². The highest BCUT2D eigenvalue weighted by atomic mass is 16.5. The van der Waals surface area contributed by atoms with Gasteiger partial charge in [-0.3, -0.25) is 4.79 Å². The van der Waals surface area contributed by atoms with Crippen LogP contribution in [0.4, 0.5) is 0 Å². The van der Waals surface area contributed by atoms with E-state index in [4.69, 9.17) is 9.47 Å². The fourth-order valence-corrected chi connectivity index (χ4v) is 1.62. The van der Waals surface area contributed by atoms with Crippen LogP contribution in [0.3, 0.4) is 0 Å². The van der Waals surface area contributed by atoms with Crippen molar-refractivity contribution in [2.24, 2.45) is 0 Å². The molecule has 0 aliphatic rings. The number of rotatable bonds is 11. The monoisotopic (exact) mass is 279 g/mol. The van der Waals surface area contributed by atoms with Crippen molar-refractivity contribution in [2.75, 3.05) is 26.4 Å². The molecule has 1 rings (SSSR count). The Morgan fingerprint density at radius 1 is 1.10 bits per heavy atom. The van der Waals surface area contributed by atoms with Gasteiger partial charge in [-0.1, -0.05) is 31.5 Å². The Kier molecular flexibility index (Phi) is 9.32. The third kappa shape index (κ3) is 8.53. The molecule has 0 saturated heterocycles. The number of benzene rings is 1. The zero-order chi connectivity index (χ0) is 14.5. The van der Waals surface area contributed by atoms with Gasteiger partial charge >= 0.3 is 0 Å². The van der Waals surface area contributed by atoms with Gasteiger partial charge < -0.3 is 14.8 Å². The third-order valence-corrected chi connectivity index (χ3v) is 2.77. The zero-order valence-corrected chi connectivity index (χ0v) is 12.3. The largest absolute Gasteiger partial charge is 0.493 e. The Morgan fingerprint density at radius 3 is 2.60 bits per heavy atom. The number of para-hydroxylation sites is 1. The van der Waals surface area contributed by atoms with Gasteiger partial charge in [0.2, 0.25) is 5.91 Å². The van der Waals surface area contributed by atoms with E-state index in [1.807, 2.05) is 30.3 Å². The second kappa shape index (κ2) is 11.3. The van der Waals surface area contributed by atoms with Crippen molar-refractivity contribution < 1.29 is 14.3 Å². The molecule has 1 aromatic rings. The first-order valence-electron chi connectivity index (χ1n) is 7.35. The lowest BCUT2D eigenvalue weighted by Gasteiger charge is -2.07. The number of amides is 1. The number of ether oxygens (including phenoxy) is 2. The summed E-state index contributed by atoms with van der Waals surface area (Å²) < 4.78 is 10.9. The molecule has 0 aromatic heterocycles. The van der Waals surface area contributed by atoms with Crippen LogP contribution in [0.15, 0.2) is 30.3 Å². The molecule has 20 heavy (non-hydrogen) atoms. The number of hydrogen-bond acceptors (Lipinski definition) is 3. The number of nitrogens with one attached hydrogen (secondary N) is 1. The molecule has 1 aromatic carbocycles. The SMILES string of the molecule is CCCCOCCCNC(=O)CCOc1ccccc1. The van der Waals surface area contributed by atoms with Crippen molar-refractivity contribution in [3.05, 3.63) is 30.3 Å². The van der Waals surface area contributed by atoms with E-state index in [9.17, 15) is 4.79 Å². The summed E-state index contributed by atoms with van der Waals surface area (Å²) in [6, 6.07) is 9.52. The van der Waals surface area contributed by atoms with E-state index in [1.54, 1.807) is 0 Å². The zero-order valence-electron chi connectivity index (χ0n) is 12.3. The minimum Gasteiger partial charge on any atom is -0.493 e. The highest BCUT2D eigenvalue weighted by Gasteiger charge is 2.01. The molecule has 0 spiro atoms. The quantitative estimate of drug-likeness (QED) is 0.634. The minimum atomic E-state index is 0.0227. The Morgan fingerprint density at radius 2 is 1.85 bits per heavy atom. The maximum Gasteiger partial charge on any atom is 0.223 e. The fraction of sp³-hybridized carbons (Fsp3) is 0.562. The summed E-state index contributed by atoms with van der Waals surface area (Å²) in [5, 5.41) is 2.86. The maximum atomic E-state index is 11.5. The highest BCUT2D eigenvalue weighted by molar-refractivity contribution is 5.75. The van der Waals surface area contributed by atoms with Gasteiger partial charge in [0.1, 0.15) is 5.75 Å². The van der Waals surface area contributed by atoms with Gasteiger partial charge in [0.05, 0.1) is 13.0 Å². The fourth-order valence-electron chi connectivity index (χ4n) is 1.62. The molecule has 112 valence electrons. The van der Waals surface area contributed by atoms with Gasteiger partial charge in [0.15, 0.2) is 0 Å². The summed E-state index contributed by atoms with van der Waals surface area (Å²) in [6.07, 6.45) is 3.49. The van der Waals surface area contributed by atoms with Crippen molar-refractivity contribution in [1.82, 2.24) is 5.32 Å². The highest BCUT2D eigenvalue weighted by Crippen LogP contribution is 2.08. The molecule has 1 N–H and O–H groups in total. The van der Waals surface area contributed by atoms with E-state index >= 15 is 0 Å². The average Bonchev–Trinajstić information content (AvgIpc) is 2.47. The molecule has 4 heteroatoms. The van der Waals surface area contributed by atoms with E-state index in [1.165, 1.54) is 0 Å². The van der Waals surface area contributed by atoms with E-state index in [0.29, 0.717) is 26.2 Å². The van der Waals surface area contributed by atoms with Crippen LogP contribution < -0.4 is 10.1 Å². The molecule has 4 nitrogen and oxygen atoms in total. The topological polar surface area (TPSA) is 47.6 Å². The lowest BCUT2D eigenvalue weighted by atomic mass is 10.3. The molecule has 0 unspecified atom stereocenters. The predicted octanol–water partition coefficient (Wildman–Crippen LogP) is 2.78. The van der Waals surface area contributed by atoms with Gasteiger partial charge in [-0.05, 0) is 25.0 Å². The average molecular weight is 279 g/mol. The number of carbonyl (C=O) groups is 1. The summed E-state index contributed by atoms with van der Waals surface area (Å²) in [5.74, 6) is 0.819. The number of hydrogen-bond donors (Lipinski definition) is 1. The molecule has 0 atom stereocenters. The van der Waals surface area contributed by atoms with Gasteiger partial charge in [-0.15, -0.1) is 0 Å². The van der Waals surface area contributed by atoms with Crippen LogP contribution in [-0.4, -0.2) is 32.3 Å². The Hall–Kier alpha value is -1.55. The standard InChI is InChI=1S/C16H25NO3/c1-2-3-12-19-13-7-11-17-16(18)10-14-20-15-8-5-4-6-9-15/h4-6,8-9H,2-3,7,10-14H2,1H3,(H,17,18). The predicted molar refractivity (Wildman–Crippen MR) is 79.9 cm³/mol. The van der Waals surface area contributed by atoms with Gasteiger partial charge in [0, 0.05) is 19.8 Å². The first kappa shape index (κ1) is 16.5. The van der Waals surface area contributed by atoms with Crippen LogP contribution >= 0.6 is 0 Å². The molecule has 0 heterocycles. The molecule has 0 bridgehead atoms. The molecule has 0 aliphatic carbocycles. The first-order valence-corrected chi connectivity index (χ1v) is 7.35. The normalized spacial score (nSPS) is 10.2. The van der Waals surface area contributed by atoms with E-state index in [0.717, 1.165) is 31.6 Å². The summed E-state index contributed by atoms with van der Waals surface area (Å²) >= 11 is 0.